The van der Waals surface area contributed by atoms with Gasteiger partial charge in [0.05, 0.1) is 5.52 Å². The molecule has 0 aliphatic carbocycles. The molecular weight excluding hydrogens is 232 g/mol. The van der Waals surface area contributed by atoms with Crippen molar-refractivity contribution in [3.05, 3.63) is 24.3 Å². The van der Waals surface area contributed by atoms with Crippen molar-refractivity contribution in [3.8, 4) is 0 Å². The molecular formula is C12H16N4O2. The summed E-state index contributed by atoms with van der Waals surface area (Å²) in [7, 11) is 0. The van der Waals surface area contributed by atoms with E-state index in [9.17, 15) is 4.79 Å². The molecule has 1 N–H and O–H groups in total. The number of benzene rings is 1. The van der Waals surface area contributed by atoms with Gasteiger partial charge in [0.25, 0.3) is 0 Å². The Balaban J connectivity index is 2.00. The van der Waals surface area contributed by atoms with E-state index < -0.39 is 11.7 Å². The number of ether oxygens (including phenoxy) is 1. The summed E-state index contributed by atoms with van der Waals surface area (Å²) >= 11 is 0. The van der Waals surface area contributed by atoms with Crippen LogP contribution in [0.3, 0.4) is 0 Å². The molecule has 0 saturated heterocycles. The molecule has 0 aliphatic heterocycles. The van der Waals surface area contributed by atoms with Gasteiger partial charge in [-0.25, -0.2) is 9.48 Å². The molecule has 0 radical (unpaired) electrons. The lowest BCUT2D eigenvalue weighted by Crippen LogP contribution is -2.33. The fourth-order valence-electron chi connectivity index (χ4n) is 1.49. The number of alkyl carbamates (subject to hydrolysis) is 1. The van der Waals surface area contributed by atoms with Crippen LogP contribution < -0.4 is 5.32 Å². The molecule has 18 heavy (non-hydrogen) atoms. The minimum absolute atomic E-state index is 0.232. The Hall–Kier alpha value is -2.11. The van der Waals surface area contributed by atoms with Gasteiger partial charge in [0.15, 0.2) is 0 Å². The number of hydrogen-bond donors (Lipinski definition) is 1. The average molecular weight is 248 g/mol. The van der Waals surface area contributed by atoms with E-state index in [1.165, 1.54) is 0 Å². The quantitative estimate of drug-likeness (QED) is 0.881. The number of nitrogens with zero attached hydrogens (tertiary/aromatic N) is 3. The van der Waals surface area contributed by atoms with Crippen molar-refractivity contribution >= 4 is 17.1 Å². The standard InChI is InChI=1S/C12H16N4O2/c1-12(2,3)18-11(17)13-8-16-10-7-5-4-6-9(10)14-15-16/h4-7H,8H2,1-3H3,(H,13,17). The second-order valence-corrected chi connectivity index (χ2v) is 4.91. The van der Waals surface area contributed by atoms with Gasteiger partial charge in [0.1, 0.15) is 17.8 Å². The van der Waals surface area contributed by atoms with Gasteiger partial charge in [0, 0.05) is 0 Å². The number of carbonyl (C=O) groups excluding carboxylic acids is 1. The van der Waals surface area contributed by atoms with Crippen molar-refractivity contribution in [3.63, 3.8) is 0 Å². The minimum Gasteiger partial charge on any atom is -0.444 e. The molecule has 1 aromatic carbocycles. The maximum Gasteiger partial charge on any atom is 0.409 e. The summed E-state index contributed by atoms with van der Waals surface area (Å²) in [5.74, 6) is 0. The first-order valence-electron chi connectivity index (χ1n) is 5.71. The van der Waals surface area contributed by atoms with E-state index in [1.54, 1.807) is 4.68 Å². The molecule has 0 aliphatic rings. The first-order chi connectivity index (χ1) is 8.46. The lowest BCUT2D eigenvalue weighted by molar-refractivity contribution is 0.0509. The monoisotopic (exact) mass is 248 g/mol. The van der Waals surface area contributed by atoms with Crippen LogP contribution in [-0.2, 0) is 11.4 Å². The van der Waals surface area contributed by atoms with Crippen LogP contribution in [0, 0.1) is 0 Å². The highest BCUT2D eigenvalue weighted by atomic mass is 16.6. The topological polar surface area (TPSA) is 69.0 Å². The Morgan fingerprint density at radius 2 is 2.11 bits per heavy atom. The summed E-state index contributed by atoms with van der Waals surface area (Å²) in [6.45, 7) is 5.68. The van der Waals surface area contributed by atoms with Crippen molar-refractivity contribution in [2.75, 3.05) is 0 Å². The highest BCUT2D eigenvalue weighted by molar-refractivity contribution is 5.74. The van der Waals surface area contributed by atoms with Crippen LogP contribution in [0.25, 0.3) is 11.0 Å². The number of nitrogens with one attached hydrogen (secondary N) is 1. The van der Waals surface area contributed by atoms with Gasteiger partial charge in [-0.3, -0.25) is 0 Å². The molecule has 0 fully saturated rings. The molecule has 2 aromatic rings. The summed E-state index contributed by atoms with van der Waals surface area (Å²) < 4.78 is 6.75. The number of para-hydroxylation sites is 1. The van der Waals surface area contributed by atoms with Gasteiger partial charge in [-0.2, -0.15) is 0 Å². The molecule has 6 nitrogen and oxygen atoms in total. The Bertz CT molecular complexity index is 556. The number of carbonyl (C=O) groups is 1. The molecule has 0 spiro atoms. The van der Waals surface area contributed by atoms with Crippen LogP contribution in [0.4, 0.5) is 4.79 Å². The van der Waals surface area contributed by atoms with Gasteiger partial charge < -0.3 is 10.1 Å². The van der Waals surface area contributed by atoms with Gasteiger partial charge in [-0.15, -0.1) is 5.10 Å². The molecule has 0 atom stereocenters. The lowest BCUT2D eigenvalue weighted by atomic mass is 10.2. The van der Waals surface area contributed by atoms with E-state index in [1.807, 2.05) is 45.0 Å². The Morgan fingerprint density at radius 3 is 2.83 bits per heavy atom. The first kappa shape index (κ1) is 12.3. The summed E-state index contributed by atoms with van der Waals surface area (Å²) in [6, 6.07) is 7.55. The number of fused-ring (bicyclic) bond motifs is 1. The third-order valence-corrected chi connectivity index (χ3v) is 2.19. The molecule has 6 heteroatoms. The van der Waals surface area contributed by atoms with Crippen LogP contribution in [0.15, 0.2) is 24.3 Å². The zero-order valence-electron chi connectivity index (χ0n) is 10.7. The average Bonchev–Trinajstić information content (AvgIpc) is 2.67. The molecule has 96 valence electrons. The fourth-order valence-corrected chi connectivity index (χ4v) is 1.49. The van der Waals surface area contributed by atoms with Crippen LogP contribution in [0.5, 0.6) is 0 Å². The van der Waals surface area contributed by atoms with Crippen LogP contribution in [0.2, 0.25) is 0 Å². The van der Waals surface area contributed by atoms with Crippen molar-refractivity contribution < 1.29 is 9.53 Å². The molecule has 1 heterocycles. The third kappa shape index (κ3) is 2.97. The Kier molecular flexibility index (Phi) is 3.18. The van der Waals surface area contributed by atoms with E-state index in [0.717, 1.165) is 11.0 Å². The lowest BCUT2D eigenvalue weighted by Gasteiger charge is -2.19. The van der Waals surface area contributed by atoms with Crippen molar-refractivity contribution in [2.45, 2.75) is 33.0 Å². The zero-order valence-corrected chi connectivity index (χ0v) is 10.7. The molecule has 1 amide bonds. The van der Waals surface area contributed by atoms with E-state index >= 15 is 0 Å². The highest BCUT2D eigenvalue weighted by Gasteiger charge is 2.16. The molecule has 1 aromatic heterocycles. The number of aromatic nitrogens is 3. The summed E-state index contributed by atoms with van der Waals surface area (Å²) in [5, 5.41) is 10.6. The van der Waals surface area contributed by atoms with Crippen LogP contribution in [-0.4, -0.2) is 26.7 Å². The van der Waals surface area contributed by atoms with E-state index in [0.29, 0.717) is 0 Å². The van der Waals surface area contributed by atoms with Crippen molar-refractivity contribution in [1.82, 2.24) is 20.3 Å². The van der Waals surface area contributed by atoms with Gasteiger partial charge in [-0.05, 0) is 32.9 Å². The van der Waals surface area contributed by atoms with Crippen LogP contribution >= 0.6 is 0 Å². The maximum absolute atomic E-state index is 11.5. The van der Waals surface area contributed by atoms with Gasteiger partial charge >= 0.3 is 6.09 Å². The van der Waals surface area contributed by atoms with E-state index in [-0.39, 0.29) is 6.67 Å². The minimum atomic E-state index is -0.505. The zero-order chi connectivity index (χ0) is 13.2. The molecule has 0 unspecified atom stereocenters. The second-order valence-electron chi connectivity index (χ2n) is 4.91. The second kappa shape index (κ2) is 4.64. The van der Waals surface area contributed by atoms with Crippen LogP contribution in [0.1, 0.15) is 20.8 Å². The normalized spacial score (nSPS) is 11.5. The first-order valence-corrected chi connectivity index (χ1v) is 5.71. The largest absolute Gasteiger partial charge is 0.444 e. The summed E-state index contributed by atoms with van der Waals surface area (Å²) in [6.07, 6.45) is -0.470. The number of rotatable bonds is 2. The van der Waals surface area contributed by atoms with Gasteiger partial charge in [0.2, 0.25) is 0 Å². The molecule has 2 rings (SSSR count). The summed E-state index contributed by atoms with van der Waals surface area (Å²) in [4.78, 5) is 11.5. The highest BCUT2D eigenvalue weighted by Crippen LogP contribution is 2.09. The summed E-state index contributed by atoms with van der Waals surface area (Å²) in [5.41, 5.74) is 1.16. The SMILES string of the molecule is CC(C)(C)OC(=O)NCn1nnc2ccccc21. The van der Waals surface area contributed by atoms with E-state index in [4.69, 9.17) is 4.74 Å². The van der Waals surface area contributed by atoms with Crippen molar-refractivity contribution in [1.29, 1.82) is 0 Å². The van der Waals surface area contributed by atoms with E-state index in [2.05, 4.69) is 15.6 Å². The fraction of sp³-hybridized carbons (Fsp3) is 0.417. The number of hydrogen-bond acceptors (Lipinski definition) is 4. The predicted octanol–water partition coefficient (Wildman–Crippen LogP) is 1.91. The van der Waals surface area contributed by atoms with Gasteiger partial charge in [-0.1, -0.05) is 17.3 Å². The van der Waals surface area contributed by atoms with Crippen molar-refractivity contribution in [2.24, 2.45) is 0 Å². The number of amides is 1. The maximum atomic E-state index is 11.5. The molecule has 0 bridgehead atoms. The smallest absolute Gasteiger partial charge is 0.409 e. The third-order valence-electron chi connectivity index (χ3n) is 2.19. The predicted molar refractivity (Wildman–Crippen MR) is 66.9 cm³/mol. The molecule has 0 saturated carbocycles. The Morgan fingerprint density at radius 1 is 1.39 bits per heavy atom. The Labute approximate surface area is 105 Å².